The number of benzene rings is 2. The Labute approximate surface area is 169 Å². The Morgan fingerprint density at radius 2 is 1.52 bits per heavy atom. The average Bonchev–Trinajstić information content (AvgIpc) is 3.23. The Bertz CT molecular complexity index is 893. The minimum absolute atomic E-state index is 0.225. The lowest BCUT2D eigenvalue weighted by Gasteiger charge is -2.39. The number of rotatable bonds is 4. The van der Waals surface area contributed by atoms with Gasteiger partial charge < -0.3 is 34.1 Å². The number of nitrogens with zero attached hydrogens (tertiary/aromatic N) is 1. The zero-order chi connectivity index (χ0) is 19.8. The lowest BCUT2D eigenvalue weighted by molar-refractivity contribution is -0.0345. The smallest absolute Gasteiger partial charge is 0.231 e. The highest BCUT2D eigenvalue weighted by Gasteiger charge is 2.35. The number of ether oxygens (including phenoxy) is 4. The summed E-state index contributed by atoms with van der Waals surface area (Å²) < 4.78 is 21.9. The van der Waals surface area contributed by atoms with Gasteiger partial charge in [0.2, 0.25) is 6.79 Å². The molecule has 0 saturated carbocycles. The zero-order valence-electron chi connectivity index (χ0n) is 16.2. The van der Waals surface area contributed by atoms with Crippen molar-refractivity contribution in [1.82, 2.24) is 4.90 Å². The fourth-order valence-electron chi connectivity index (χ4n) is 4.20. The molecule has 3 aliphatic rings. The maximum absolute atomic E-state index is 11.2. The molecule has 2 aromatic carbocycles. The van der Waals surface area contributed by atoms with E-state index in [-0.39, 0.29) is 6.79 Å². The van der Waals surface area contributed by atoms with Crippen LogP contribution in [0.2, 0.25) is 0 Å². The predicted octanol–water partition coefficient (Wildman–Crippen LogP) is 2.20. The third-order valence-corrected chi connectivity index (χ3v) is 5.98. The number of hydrogen-bond donors (Lipinski definition) is 2. The number of aliphatic hydroxyl groups excluding tert-OH is 1. The molecule has 2 N–H and O–H groups in total. The second-order valence-corrected chi connectivity index (χ2v) is 7.82. The Balaban J connectivity index is 1.21. The quantitative estimate of drug-likeness (QED) is 0.816. The first-order valence-electron chi connectivity index (χ1n) is 10.0. The molecule has 3 aliphatic heterocycles. The average molecular weight is 399 g/mol. The van der Waals surface area contributed by atoms with Crippen LogP contribution in [0.4, 0.5) is 0 Å². The van der Waals surface area contributed by atoms with Gasteiger partial charge in [0.25, 0.3) is 0 Å². The predicted molar refractivity (Wildman–Crippen MR) is 105 cm³/mol. The van der Waals surface area contributed by atoms with E-state index >= 15 is 0 Å². The Morgan fingerprint density at radius 3 is 2.34 bits per heavy atom. The summed E-state index contributed by atoms with van der Waals surface area (Å²) in [6.45, 7) is 3.21. The SMILES string of the molecule is OC(CN1CCC(O)(c2ccc3c(c2)OCO3)CC1)c1ccc2c(c1)OCCO2. The molecule has 1 atom stereocenters. The number of fused-ring (bicyclic) bond motifs is 2. The van der Waals surface area contributed by atoms with E-state index in [1.807, 2.05) is 36.4 Å². The molecular formula is C22H25NO6. The van der Waals surface area contributed by atoms with Crippen LogP contribution in [0.15, 0.2) is 36.4 Å². The standard InChI is InChI=1S/C22H25NO6/c24-17(15-1-3-18-20(11-15)27-10-9-26-18)13-23-7-5-22(25,6-8-23)16-2-4-19-21(12-16)29-14-28-19/h1-4,11-12,17,24-25H,5-10,13-14H2. The molecule has 0 bridgehead atoms. The first kappa shape index (κ1) is 18.5. The van der Waals surface area contributed by atoms with E-state index in [1.54, 1.807) is 0 Å². The summed E-state index contributed by atoms with van der Waals surface area (Å²) in [5, 5.41) is 21.9. The molecule has 0 aliphatic carbocycles. The number of likely N-dealkylation sites (tertiary alicyclic amines) is 1. The maximum Gasteiger partial charge on any atom is 0.231 e. The highest BCUT2D eigenvalue weighted by Crippen LogP contribution is 2.40. The largest absolute Gasteiger partial charge is 0.486 e. The first-order chi connectivity index (χ1) is 14.1. The van der Waals surface area contributed by atoms with Crippen LogP contribution in [-0.2, 0) is 5.60 Å². The van der Waals surface area contributed by atoms with Crippen LogP contribution in [0, 0.1) is 0 Å². The van der Waals surface area contributed by atoms with E-state index in [1.165, 1.54) is 0 Å². The number of β-amino-alcohol motifs (C(OH)–C–C–N with tert-alkyl or cyclic N) is 1. The Hall–Kier alpha value is -2.48. The van der Waals surface area contributed by atoms with Crippen molar-refractivity contribution in [1.29, 1.82) is 0 Å². The molecule has 1 saturated heterocycles. The molecule has 2 aromatic rings. The molecular weight excluding hydrogens is 374 g/mol. The molecule has 29 heavy (non-hydrogen) atoms. The van der Waals surface area contributed by atoms with Gasteiger partial charge in [-0.3, -0.25) is 0 Å². The zero-order valence-corrected chi connectivity index (χ0v) is 16.2. The lowest BCUT2D eigenvalue weighted by Crippen LogP contribution is -2.43. The van der Waals surface area contributed by atoms with Gasteiger partial charge in [0, 0.05) is 19.6 Å². The van der Waals surface area contributed by atoms with Gasteiger partial charge in [-0.15, -0.1) is 0 Å². The highest BCUT2D eigenvalue weighted by molar-refractivity contribution is 5.46. The van der Waals surface area contributed by atoms with Crippen molar-refractivity contribution in [2.45, 2.75) is 24.5 Å². The molecule has 3 heterocycles. The van der Waals surface area contributed by atoms with Gasteiger partial charge in [0.15, 0.2) is 23.0 Å². The van der Waals surface area contributed by atoms with E-state index in [0.717, 1.165) is 22.6 Å². The minimum atomic E-state index is -0.889. The van der Waals surface area contributed by atoms with Crippen LogP contribution in [0.25, 0.3) is 0 Å². The molecule has 154 valence electrons. The van der Waals surface area contributed by atoms with Crippen LogP contribution < -0.4 is 18.9 Å². The third-order valence-electron chi connectivity index (χ3n) is 5.98. The number of aliphatic hydroxyl groups is 2. The van der Waals surface area contributed by atoms with Gasteiger partial charge in [0.05, 0.1) is 11.7 Å². The summed E-state index contributed by atoms with van der Waals surface area (Å²) in [5.74, 6) is 2.81. The second-order valence-electron chi connectivity index (χ2n) is 7.82. The summed E-state index contributed by atoms with van der Waals surface area (Å²) in [5.41, 5.74) is 0.777. The van der Waals surface area contributed by atoms with Crippen molar-refractivity contribution in [2.24, 2.45) is 0 Å². The van der Waals surface area contributed by atoms with E-state index in [4.69, 9.17) is 18.9 Å². The molecule has 5 rings (SSSR count). The lowest BCUT2D eigenvalue weighted by atomic mass is 9.84. The molecule has 0 amide bonds. The van der Waals surface area contributed by atoms with Gasteiger partial charge >= 0.3 is 0 Å². The summed E-state index contributed by atoms with van der Waals surface area (Å²) >= 11 is 0. The molecule has 1 unspecified atom stereocenters. The summed E-state index contributed by atoms with van der Waals surface area (Å²) in [7, 11) is 0. The van der Waals surface area contributed by atoms with Crippen molar-refractivity contribution in [2.75, 3.05) is 39.6 Å². The first-order valence-corrected chi connectivity index (χ1v) is 10.0. The minimum Gasteiger partial charge on any atom is -0.486 e. The van der Waals surface area contributed by atoms with Gasteiger partial charge in [-0.1, -0.05) is 12.1 Å². The fourth-order valence-corrected chi connectivity index (χ4v) is 4.20. The van der Waals surface area contributed by atoms with E-state index in [2.05, 4.69) is 4.90 Å². The maximum atomic E-state index is 11.2. The second kappa shape index (κ2) is 7.40. The van der Waals surface area contributed by atoms with Crippen molar-refractivity contribution in [3.05, 3.63) is 47.5 Å². The molecule has 7 heteroatoms. The molecule has 1 fully saturated rings. The van der Waals surface area contributed by atoms with Gasteiger partial charge in [-0.2, -0.15) is 0 Å². The normalized spacial score (nSPS) is 21.0. The van der Waals surface area contributed by atoms with Gasteiger partial charge in [-0.25, -0.2) is 0 Å². The molecule has 0 spiro atoms. The van der Waals surface area contributed by atoms with Gasteiger partial charge in [0.1, 0.15) is 13.2 Å². The van der Waals surface area contributed by atoms with Crippen LogP contribution in [-0.4, -0.2) is 54.8 Å². The van der Waals surface area contributed by atoms with Crippen LogP contribution in [0.3, 0.4) is 0 Å². The molecule has 0 radical (unpaired) electrons. The Morgan fingerprint density at radius 1 is 0.862 bits per heavy atom. The number of hydrogen-bond acceptors (Lipinski definition) is 7. The monoisotopic (exact) mass is 399 g/mol. The van der Waals surface area contributed by atoms with Gasteiger partial charge in [-0.05, 0) is 48.2 Å². The van der Waals surface area contributed by atoms with Crippen molar-refractivity contribution in [3.63, 3.8) is 0 Å². The van der Waals surface area contributed by atoms with E-state index in [0.29, 0.717) is 57.2 Å². The van der Waals surface area contributed by atoms with Crippen LogP contribution in [0.5, 0.6) is 23.0 Å². The highest BCUT2D eigenvalue weighted by atomic mass is 16.7. The molecule has 7 nitrogen and oxygen atoms in total. The Kier molecular flexibility index (Phi) is 4.73. The van der Waals surface area contributed by atoms with E-state index < -0.39 is 11.7 Å². The topological polar surface area (TPSA) is 80.6 Å². The van der Waals surface area contributed by atoms with Crippen molar-refractivity contribution >= 4 is 0 Å². The fraction of sp³-hybridized carbons (Fsp3) is 0.455. The summed E-state index contributed by atoms with van der Waals surface area (Å²) in [6.07, 6.45) is 0.573. The van der Waals surface area contributed by atoms with E-state index in [9.17, 15) is 10.2 Å². The van der Waals surface area contributed by atoms with Crippen molar-refractivity contribution < 1.29 is 29.2 Å². The summed E-state index contributed by atoms with van der Waals surface area (Å²) in [4.78, 5) is 2.18. The van der Waals surface area contributed by atoms with Crippen molar-refractivity contribution in [3.8, 4) is 23.0 Å². The van der Waals surface area contributed by atoms with Crippen LogP contribution >= 0.6 is 0 Å². The van der Waals surface area contributed by atoms with Crippen LogP contribution in [0.1, 0.15) is 30.1 Å². The number of piperidine rings is 1. The molecule has 0 aromatic heterocycles. The summed E-state index contributed by atoms with van der Waals surface area (Å²) in [6, 6.07) is 11.2. The third kappa shape index (κ3) is 3.61.